The van der Waals surface area contributed by atoms with Gasteiger partial charge in [0.05, 0.1) is 12.0 Å². The molecule has 8 heteroatoms. The molecule has 3 amide bonds. The van der Waals surface area contributed by atoms with E-state index in [0.717, 1.165) is 25.9 Å². The second-order valence-corrected chi connectivity index (χ2v) is 6.08. The van der Waals surface area contributed by atoms with Crippen molar-refractivity contribution in [3.8, 4) is 0 Å². The molecule has 7 nitrogen and oxygen atoms in total. The van der Waals surface area contributed by atoms with Crippen molar-refractivity contribution >= 4 is 24.3 Å². The van der Waals surface area contributed by atoms with Crippen LogP contribution in [0.1, 0.15) is 19.8 Å². The van der Waals surface area contributed by atoms with Gasteiger partial charge in [0.1, 0.15) is 0 Å². The predicted octanol–water partition coefficient (Wildman–Crippen LogP) is 0.298. The highest BCUT2D eigenvalue weighted by Crippen LogP contribution is 2.32. The van der Waals surface area contributed by atoms with E-state index in [4.69, 9.17) is 4.74 Å². The summed E-state index contributed by atoms with van der Waals surface area (Å²) in [5.41, 5.74) is -0.395. The number of rotatable bonds is 4. The molecule has 2 heterocycles. The van der Waals surface area contributed by atoms with Crippen LogP contribution in [0.15, 0.2) is 0 Å². The number of carbonyl (C=O) groups is 2. The molecule has 0 aliphatic carbocycles. The number of nitrogens with one attached hydrogen (secondary N) is 2. The molecule has 0 radical (unpaired) electrons. The van der Waals surface area contributed by atoms with Crippen LogP contribution in [0.5, 0.6) is 0 Å². The Morgan fingerprint density at radius 1 is 1.13 bits per heavy atom. The van der Waals surface area contributed by atoms with E-state index in [0.29, 0.717) is 39.3 Å². The lowest BCUT2D eigenvalue weighted by Crippen LogP contribution is -2.58. The van der Waals surface area contributed by atoms with Crippen molar-refractivity contribution in [3.63, 3.8) is 0 Å². The maximum Gasteiger partial charge on any atom is 0.317 e. The van der Waals surface area contributed by atoms with Gasteiger partial charge in [-0.1, -0.05) is 0 Å². The molecular formula is C15H29ClN4O3. The largest absolute Gasteiger partial charge is 0.384 e. The van der Waals surface area contributed by atoms with Crippen molar-refractivity contribution in [1.29, 1.82) is 0 Å². The van der Waals surface area contributed by atoms with Gasteiger partial charge in [0.25, 0.3) is 0 Å². The van der Waals surface area contributed by atoms with Gasteiger partial charge in [0.15, 0.2) is 0 Å². The number of urea groups is 1. The first kappa shape index (κ1) is 20.0. The smallest absolute Gasteiger partial charge is 0.317 e. The summed E-state index contributed by atoms with van der Waals surface area (Å²) < 4.78 is 5.34. The minimum atomic E-state index is -0.395. The Morgan fingerprint density at radius 3 is 2.22 bits per heavy atom. The molecule has 2 saturated heterocycles. The van der Waals surface area contributed by atoms with E-state index in [-0.39, 0.29) is 24.3 Å². The summed E-state index contributed by atoms with van der Waals surface area (Å²) in [4.78, 5) is 28.5. The number of nitrogens with zero attached hydrogens (tertiary/aromatic N) is 2. The molecule has 0 aromatic carbocycles. The summed E-state index contributed by atoms with van der Waals surface area (Å²) in [6.45, 7) is 7.12. The van der Waals surface area contributed by atoms with Gasteiger partial charge >= 0.3 is 6.03 Å². The third-order valence-corrected chi connectivity index (χ3v) is 4.62. The van der Waals surface area contributed by atoms with E-state index >= 15 is 0 Å². The van der Waals surface area contributed by atoms with Crippen molar-refractivity contribution in [1.82, 2.24) is 20.4 Å². The van der Waals surface area contributed by atoms with Crippen LogP contribution in [-0.2, 0) is 9.53 Å². The molecule has 2 rings (SSSR count). The summed E-state index contributed by atoms with van der Waals surface area (Å²) in [5, 5.41) is 6.11. The highest BCUT2D eigenvalue weighted by molar-refractivity contribution is 5.85. The summed E-state index contributed by atoms with van der Waals surface area (Å²) in [6.07, 6.45) is 1.63. The van der Waals surface area contributed by atoms with E-state index in [1.54, 1.807) is 12.0 Å². The number of amides is 3. The summed E-state index contributed by atoms with van der Waals surface area (Å²) in [6, 6.07) is -0.0388. The molecular weight excluding hydrogens is 320 g/mol. The van der Waals surface area contributed by atoms with Crippen molar-refractivity contribution in [2.45, 2.75) is 19.8 Å². The molecule has 0 spiro atoms. The molecule has 0 aromatic rings. The van der Waals surface area contributed by atoms with Crippen molar-refractivity contribution < 1.29 is 14.3 Å². The highest BCUT2D eigenvalue weighted by Gasteiger charge is 2.43. The number of ether oxygens (including phenoxy) is 1. The Bertz CT molecular complexity index is 389. The third-order valence-electron chi connectivity index (χ3n) is 4.62. The van der Waals surface area contributed by atoms with E-state index in [1.807, 2.05) is 11.8 Å². The first-order valence-electron chi connectivity index (χ1n) is 8.15. The first-order chi connectivity index (χ1) is 10.6. The van der Waals surface area contributed by atoms with E-state index in [9.17, 15) is 9.59 Å². The fraction of sp³-hybridized carbons (Fsp3) is 0.867. The lowest BCUT2D eigenvalue weighted by Gasteiger charge is -2.42. The van der Waals surface area contributed by atoms with Crippen LogP contribution in [0.2, 0.25) is 0 Å². The fourth-order valence-electron chi connectivity index (χ4n) is 3.31. The molecule has 2 aliphatic rings. The molecule has 2 aliphatic heterocycles. The topological polar surface area (TPSA) is 73.9 Å². The van der Waals surface area contributed by atoms with Gasteiger partial charge in [-0.15, -0.1) is 12.4 Å². The van der Waals surface area contributed by atoms with Crippen molar-refractivity contribution in [2.24, 2.45) is 5.41 Å². The zero-order chi connectivity index (χ0) is 16.0. The molecule has 0 aromatic heterocycles. The van der Waals surface area contributed by atoms with Gasteiger partial charge in [-0.2, -0.15) is 0 Å². The molecule has 0 atom stereocenters. The van der Waals surface area contributed by atoms with Crippen LogP contribution in [0.25, 0.3) is 0 Å². The minimum Gasteiger partial charge on any atom is -0.384 e. The van der Waals surface area contributed by atoms with E-state index in [2.05, 4.69) is 10.6 Å². The maximum atomic E-state index is 13.0. The summed E-state index contributed by atoms with van der Waals surface area (Å²) in [5.74, 6) is 0.186. The number of hydrogen-bond acceptors (Lipinski definition) is 4. The monoisotopic (exact) mass is 348 g/mol. The standard InChI is InChI=1S/C15H28N4O3.ClH/c1-3-17-14(21)19-10-8-18(9-11-19)13(20)15(12-22-2)4-6-16-7-5-15;/h16H,3-12H2,1-2H3,(H,17,21);1H. The average Bonchev–Trinajstić information content (AvgIpc) is 2.56. The van der Waals surface area contributed by atoms with E-state index in [1.165, 1.54) is 0 Å². The molecule has 2 fully saturated rings. The molecule has 0 bridgehead atoms. The van der Waals surface area contributed by atoms with Gasteiger partial charge in [0, 0.05) is 39.8 Å². The van der Waals surface area contributed by atoms with Gasteiger partial charge in [-0.3, -0.25) is 4.79 Å². The SMILES string of the molecule is CCNC(=O)N1CCN(C(=O)C2(COC)CCNCC2)CC1.Cl. The molecule has 0 saturated carbocycles. The van der Waals surface area contributed by atoms with Gasteiger partial charge < -0.3 is 25.2 Å². The zero-order valence-corrected chi connectivity index (χ0v) is 14.9. The first-order valence-corrected chi connectivity index (χ1v) is 8.15. The quantitative estimate of drug-likeness (QED) is 0.766. The molecule has 2 N–H and O–H groups in total. The Morgan fingerprint density at radius 2 is 1.70 bits per heavy atom. The second-order valence-electron chi connectivity index (χ2n) is 6.08. The third kappa shape index (κ3) is 4.71. The zero-order valence-electron chi connectivity index (χ0n) is 14.1. The number of piperazine rings is 1. The summed E-state index contributed by atoms with van der Waals surface area (Å²) >= 11 is 0. The van der Waals surface area contributed by atoms with Crippen molar-refractivity contribution in [2.75, 3.05) is 59.5 Å². The van der Waals surface area contributed by atoms with Gasteiger partial charge in [-0.05, 0) is 32.9 Å². The van der Waals surface area contributed by atoms with Crippen LogP contribution in [0.3, 0.4) is 0 Å². The highest BCUT2D eigenvalue weighted by atomic mass is 35.5. The minimum absolute atomic E-state index is 0. The van der Waals surface area contributed by atoms with Crippen LogP contribution < -0.4 is 10.6 Å². The normalized spacial score (nSPS) is 20.6. The second kappa shape index (κ2) is 9.30. The Kier molecular flexibility index (Phi) is 8.08. The van der Waals surface area contributed by atoms with Crippen LogP contribution in [0.4, 0.5) is 4.79 Å². The molecule has 23 heavy (non-hydrogen) atoms. The lowest BCUT2D eigenvalue weighted by atomic mass is 9.78. The Hall–Kier alpha value is -1.05. The van der Waals surface area contributed by atoms with Gasteiger partial charge in [-0.25, -0.2) is 4.79 Å². The maximum absolute atomic E-state index is 13.0. The fourth-order valence-corrected chi connectivity index (χ4v) is 3.31. The number of hydrogen-bond donors (Lipinski definition) is 2. The number of carbonyl (C=O) groups excluding carboxylic acids is 2. The number of methoxy groups -OCH3 is 1. The average molecular weight is 349 g/mol. The molecule has 134 valence electrons. The van der Waals surface area contributed by atoms with E-state index < -0.39 is 5.41 Å². The van der Waals surface area contributed by atoms with Gasteiger partial charge in [0.2, 0.25) is 5.91 Å². The Labute approximate surface area is 144 Å². The molecule has 0 unspecified atom stereocenters. The lowest BCUT2D eigenvalue weighted by molar-refractivity contribution is -0.149. The Balaban J connectivity index is 0.00000264. The van der Waals surface area contributed by atoms with Crippen molar-refractivity contribution in [3.05, 3.63) is 0 Å². The number of halogens is 1. The van der Waals surface area contributed by atoms with Crippen LogP contribution >= 0.6 is 12.4 Å². The van der Waals surface area contributed by atoms with Crippen LogP contribution in [0, 0.1) is 5.41 Å². The predicted molar refractivity (Wildman–Crippen MR) is 90.9 cm³/mol. The number of piperidine rings is 1. The summed E-state index contributed by atoms with van der Waals surface area (Å²) in [7, 11) is 1.66. The van der Waals surface area contributed by atoms with Crippen LogP contribution in [-0.4, -0.2) is 81.3 Å².